The average Bonchev–Trinajstić information content (AvgIpc) is 2.65. The molecular formula is C21H29NO3. The number of fused-ring (bicyclic) bond motifs is 1. The standard InChI is InChI=1S/C21H29NO3/c1-2-24-15-17-7-6-12-22(13-17)14-19(23)16-25-21-11-5-9-18-8-3-4-10-20(18)21/h3-5,8-11,17,19,23H,2,6-7,12-16H2,1H3. The topological polar surface area (TPSA) is 41.9 Å². The molecule has 0 radical (unpaired) electrons. The third kappa shape index (κ3) is 5.18. The van der Waals surface area contributed by atoms with Gasteiger partial charge in [-0.3, -0.25) is 0 Å². The van der Waals surface area contributed by atoms with Gasteiger partial charge in [0.15, 0.2) is 0 Å². The molecule has 2 aromatic carbocycles. The molecule has 4 heteroatoms. The molecule has 25 heavy (non-hydrogen) atoms. The van der Waals surface area contributed by atoms with Crippen LogP contribution in [0.5, 0.6) is 5.75 Å². The van der Waals surface area contributed by atoms with Crippen molar-refractivity contribution in [2.75, 3.05) is 39.5 Å². The minimum Gasteiger partial charge on any atom is -0.490 e. The summed E-state index contributed by atoms with van der Waals surface area (Å²) in [6, 6.07) is 14.2. The molecule has 1 fully saturated rings. The molecule has 2 atom stereocenters. The molecule has 1 saturated heterocycles. The molecule has 1 heterocycles. The zero-order valence-corrected chi connectivity index (χ0v) is 15.1. The van der Waals surface area contributed by atoms with Gasteiger partial charge in [-0.2, -0.15) is 0 Å². The van der Waals surface area contributed by atoms with E-state index in [9.17, 15) is 5.11 Å². The number of likely N-dealkylation sites (tertiary alicyclic amines) is 1. The van der Waals surface area contributed by atoms with E-state index in [1.54, 1.807) is 0 Å². The van der Waals surface area contributed by atoms with Crippen molar-refractivity contribution in [2.24, 2.45) is 5.92 Å². The highest BCUT2D eigenvalue weighted by atomic mass is 16.5. The average molecular weight is 343 g/mol. The number of aliphatic hydroxyl groups excluding tert-OH is 1. The monoisotopic (exact) mass is 343 g/mol. The van der Waals surface area contributed by atoms with E-state index in [-0.39, 0.29) is 0 Å². The normalized spacial score (nSPS) is 19.8. The first-order valence-corrected chi connectivity index (χ1v) is 9.35. The largest absolute Gasteiger partial charge is 0.490 e. The van der Waals surface area contributed by atoms with Gasteiger partial charge in [0.2, 0.25) is 0 Å². The number of aliphatic hydroxyl groups is 1. The summed E-state index contributed by atoms with van der Waals surface area (Å²) in [5.74, 6) is 1.42. The molecule has 0 spiro atoms. The van der Waals surface area contributed by atoms with E-state index in [4.69, 9.17) is 9.47 Å². The molecule has 2 aromatic rings. The molecule has 4 nitrogen and oxygen atoms in total. The molecule has 0 saturated carbocycles. The maximum Gasteiger partial charge on any atom is 0.127 e. The highest BCUT2D eigenvalue weighted by molar-refractivity contribution is 5.88. The first-order valence-electron chi connectivity index (χ1n) is 9.35. The van der Waals surface area contributed by atoms with Crippen LogP contribution >= 0.6 is 0 Å². The van der Waals surface area contributed by atoms with Crippen LogP contribution < -0.4 is 4.74 Å². The Kier molecular flexibility index (Phi) is 6.68. The molecule has 1 aliphatic heterocycles. The Morgan fingerprint density at radius 3 is 2.92 bits per heavy atom. The minimum absolute atomic E-state index is 0.320. The highest BCUT2D eigenvalue weighted by Gasteiger charge is 2.22. The maximum atomic E-state index is 10.4. The third-order valence-electron chi connectivity index (χ3n) is 4.81. The zero-order chi connectivity index (χ0) is 17.5. The molecular weight excluding hydrogens is 314 g/mol. The number of ether oxygens (including phenoxy) is 2. The van der Waals surface area contributed by atoms with Crippen molar-refractivity contribution < 1.29 is 14.6 Å². The lowest BCUT2D eigenvalue weighted by Crippen LogP contribution is -2.42. The van der Waals surface area contributed by atoms with Gasteiger partial charge in [-0.05, 0) is 43.7 Å². The second kappa shape index (κ2) is 9.18. The van der Waals surface area contributed by atoms with Crippen LogP contribution in [0.25, 0.3) is 10.8 Å². The van der Waals surface area contributed by atoms with Gasteiger partial charge in [-0.15, -0.1) is 0 Å². The van der Waals surface area contributed by atoms with E-state index in [1.165, 1.54) is 12.8 Å². The summed E-state index contributed by atoms with van der Waals surface area (Å²) in [6.07, 6.45) is 1.91. The molecule has 1 aliphatic rings. The van der Waals surface area contributed by atoms with E-state index >= 15 is 0 Å². The van der Waals surface area contributed by atoms with Crippen molar-refractivity contribution in [3.63, 3.8) is 0 Å². The number of benzene rings is 2. The van der Waals surface area contributed by atoms with Gasteiger partial charge in [0.1, 0.15) is 18.5 Å². The summed E-state index contributed by atoms with van der Waals surface area (Å²) in [5, 5.41) is 12.6. The Labute approximate surface area is 150 Å². The Hall–Kier alpha value is -1.62. The van der Waals surface area contributed by atoms with Crippen molar-refractivity contribution in [2.45, 2.75) is 25.9 Å². The van der Waals surface area contributed by atoms with E-state index in [1.807, 2.05) is 31.2 Å². The minimum atomic E-state index is -0.482. The van der Waals surface area contributed by atoms with Gasteiger partial charge in [0, 0.05) is 25.1 Å². The summed E-state index contributed by atoms with van der Waals surface area (Å²) in [5.41, 5.74) is 0. The summed E-state index contributed by atoms with van der Waals surface area (Å²) >= 11 is 0. The predicted octanol–water partition coefficient (Wildman–Crippen LogP) is 3.33. The van der Waals surface area contributed by atoms with Crippen LogP contribution in [0, 0.1) is 5.92 Å². The van der Waals surface area contributed by atoms with Crippen molar-refractivity contribution >= 4 is 10.8 Å². The third-order valence-corrected chi connectivity index (χ3v) is 4.81. The van der Waals surface area contributed by atoms with Crippen LogP contribution in [0.15, 0.2) is 42.5 Å². The quantitative estimate of drug-likeness (QED) is 0.798. The first kappa shape index (κ1) is 18.2. The summed E-state index contributed by atoms with van der Waals surface area (Å²) < 4.78 is 11.5. The van der Waals surface area contributed by atoms with Crippen molar-refractivity contribution in [3.05, 3.63) is 42.5 Å². The fourth-order valence-corrected chi connectivity index (χ4v) is 3.60. The first-order chi connectivity index (χ1) is 12.3. The lowest BCUT2D eigenvalue weighted by atomic mass is 9.99. The Bertz CT molecular complexity index is 655. The molecule has 0 aromatic heterocycles. The molecule has 0 aliphatic carbocycles. The molecule has 3 rings (SSSR count). The highest BCUT2D eigenvalue weighted by Crippen LogP contribution is 2.25. The molecule has 2 unspecified atom stereocenters. The van der Waals surface area contributed by atoms with Crippen molar-refractivity contribution in [1.82, 2.24) is 4.90 Å². The maximum absolute atomic E-state index is 10.4. The number of nitrogens with zero attached hydrogens (tertiary/aromatic N) is 1. The van der Waals surface area contributed by atoms with Gasteiger partial charge in [0.25, 0.3) is 0 Å². The van der Waals surface area contributed by atoms with Crippen molar-refractivity contribution in [1.29, 1.82) is 0 Å². The van der Waals surface area contributed by atoms with Gasteiger partial charge in [-0.1, -0.05) is 36.4 Å². The van der Waals surface area contributed by atoms with Crippen LogP contribution in [0.2, 0.25) is 0 Å². The van der Waals surface area contributed by atoms with Gasteiger partial charge >= 0.3 is 0 Å². The lowest BCUT2D eigenvalue weighted by molar-refractivity contribution is 0.0303. The van der Waals surface area contributed by atoms with Crippen LogP contribution in [0.1, 0.15) is 19.8 Å². The second-order valence-corrected chi connectivity index (χ2v) is 6.87. The molecule has 136 valence electrons. The van der Waals surface area contributed by atoms with Crippen LogP contribution in [-0.2, 0) is 4.74 Å². The fraction of sp³-hybridized carbons (Fsp3) is 0.524. The SMILES string of the molecule is CCOCC1CCCN(CC(O)COc2cccc3ccccc23)C1. The Morgan fingerprint density at radius 2 is 2.04 bits per heavy atom. The summed E-state index contributed by atoms with van der Waals surface area (Å²) in [6.45, 7) is 6.68. The lowest BCUT2D eigenvalue weighted by Gasteiger charge is -2.33. The summed E-state index contributed by atoms with van der Waals surface area (Å²) in [4.78, 5) is 2.34. The van der Waals surface area contributed by atoms with Gasteiger partial charge in [0.05, 0.1) is 6.61 Å². The smallest absolute Gasteiger partial charge is 0.127 e. The number of hydrogen-bond acceptors (Lipinski definition) is 4. The number of rotatable bonds is 8. The fourth-order valence-electron chi connectivity index (χ4n) is 3.60. The zero-order valence-electron chi connectivity index (χ0n) is 15.1. The number of hydrogen-bond donors (Lipinski definition) is 1. The number of β-amino-alcohol motifs (C(OH)–C–C–N with tert-alkyl or cyclic N) is 1. The number of piperidine rings is 1. The molecule has 1 N–H and O–H groups in total. The van der Waals surface area contributed by atoms with E-state index in [0.29, 0.717) is 19.1 Å². The molecule has 0 bridgehead atoms. The van der Waals surface area contributed by atoms with Gasteiger partial charge < -0.3 is 19.5 Å². The predicted molar refractivity (Wildman–Crippen MR) is 101 cm³/mol. The Balaban J connectivity index is 1.50. The van der Waals surface area contributed by atoms with Crippen molar-refractivity contribution in [3.8, 4) is 5.75 Å². The van der Waals surface area contributed by atoms with Crippen LogP contribution in [0.4, 0.5) is 0 Å². The van der Waals surface area contributed by atoms with Crippen LogP contribution in [0.3, 0.4) is 0 Å². The van der Waals surface area contributed by atoms with E-state index < -0.39 is 6.10 Å². The van der Waals surface area contributed by atoms with E-state index in [2.05, 4.69) is 23.1 Å². The molecule has 0 amide bonds. The van der Waals surface area contributed by atoms with Crippen LogP contribution in [-0.4, -0.2) is 55.6 Å². The summed E-state index contributed by atoms with van der Waals surface area (Å²) in [7, 11) is 0. The Morgan fingerprint density at radius 1 is 1.20 bits per heavy atom. The second-order valence-electron chi connectivity index (χ2n) is 6.87. The van der Waals surface area contributed by atoms with Gasteiger partial charge in [-0.25, -0.2) is 0 Å². The van der Waals surface area contributed by atoms with E-state index in [0.717, 1.165) is 42.8 Å².